The van der Waals surface area contributed by atoms with Crippen molar-refractivity contribution in [3.63, 3.8) is 0 Å². The van der Waals surface area contributed by atoms with Gasteiger partial charge in [-0.3, -0.25) is 4.79 Å². The van der Waals surface area contributed by atoms with Crippen molar-refractivity contribution in [2.75, 3.05) is 13.7 Å². The molecule has 0 fully saturated rings. The number of benzene rings is 2. The average Bonchev–Trinajstić information content (AvgIpc) is 3.43. The van der Waals surface area contributed by atoms with Gasteiger partial charge in [-0.05, 0) is 36.8 Å². The summed E-state index contributed by atoms with van der Waals surface area (Å²) in [5.41, 5.74) is 2.29. The van der Waals surface area contributed by atoms with Gasteiger partial charge >= 0.3 is 5.63 Å². The average molecular weight is 530 g/mol. The maximum absolute atomic E-state index is 12.2. The van der Waals surface area contributed by atoms with Gasteiger partial charge in [-0.25, -0.2) is 9.48 Å². The molecule has 0 bridgehead atoms. The summed E-state index contributed by atoms with van der Waals surface area (Å²) in [6.07, 6.45) is 3.42. The quantitative estimate of drug-likeness (QED) is 0.207. The zero-order valence-corrected chi connectivity index (χ0v) is 21.5. The first-order valence-corrected chi connectivity index (χ1v) is 12.3. The SMILES string of the molecule is COc1cccc(-n2cc(COc3ccc4c(CNCCn5ccc(=O)c(O)c5C)cc(=O)oc4c3)nn2)c1. The van der Waals surface area contributed by atoms with E-state index in [0.717, 1.165) is 22.4 Å². The van der Waals surface area contributed by atoms with E-state index in [1.165, 1.54) is 12.1 Å². The fourth-order valence-electron chi connectivity index (χ4n) is 4.17. The van der Waals surface area contributed by atoms with Crippen LogP contribution in [0.25, 0.3) is 16.7 Å². The largest absolute Gasteiger partial charge is 0.503 e. The minimum atomic E-state index is -0.459. The van der Waals surface area contributed by atoms with Gasteiger partial charge in [0.25, 0.3) is 0 Å². The van der Waals surface area contributed by atoms with Crippen molar-refractivity contribution < 1.29 is 19.0 Å². The molecular weight excluding hydrogens is 502 g/mol. The zero-order chi connectivity index (χ0) is 27.4. The molecule has 2 N–H and O–H groups in total. The molecule has 0 aliphatic heterocycles. The van der Waals surface area contributed by atoms with Crippen LogP contribution in [0.4, 0.5) is 0 Å². The zero-order valence-electron chi connectivity index (χ0n) is 21.5. The lowest BCUT2D eigenvalue weighted by atomic mass is 10.1. The van der Waals surface area contributed by atoms with Gasteiger partial charge in [0.15, 0.2) is 5.75 Å². The Morgan fingerprint density at radius 2 is 1.95 bits per heavy atom. The number of hydrogen-bond acceptors (Lipinski definition) is 9. The molecule has 0 radical (unpaired) electrons. The summed E-state index contributed by atoms with van der Waals surface area (Å²) in [4.78, 5) is 23.8. The Morgan fingerprint density at radius 1 is 1.08 bits per heavy atom. The number of nitrogens with zero attached hydrogens (tertiary/aromatic N) is 4. The van der Waals surface area contributed by atoms with Gasteiger partial charge in [0.2, 0.25) is 5.43 Å². The van der Waals surface area contributed by atoms with Gasteiger partial charge in [0.05, 0.1) is 24.7 Å². The first-order valence-electron chi connectivity index (χ1n) is 12.3. The Balaban J connectivity index is 1.23. The Hall–Kier alpha value is -4.90. The van der Waals surface area contributed by atoms with Crippen molar-refractivity contribution >= 4 is 11.0 Å². The maximum Gasteiger partial charge on any atom is 0.336 e. The summed E-state index contributed by atoms with van der Waals surface area (Å²) in [5, 5.41) is 22.2. The number of pyridine rings is 1. The molecule has 0 unspecified atom stereocenters. The highest BCUT2D eigenvalue weighted by molar-refractivity contribution is 5.81. The molecule has 0 saturated carbocycles. The Labute approximate surface area is 222 Å². The molecule has 0 spiro atoms. The summed E-state index contributed by atoms with van der Waals surface area (Å²) in [6, 6.07) is 15.6. The van der Waals surface area contributed by atoms with Gasteiger partial charge in [-0.2, -0.15) is 0 Å². The standard InChI is InChI=1S/C28H27N5O6/c1-18-28(36)25(34)8-10-32(18)11-9-29-15-19-12-27(35)39-26-14-23(6-7-24(19)26)38-17-20-16-33(31-30-20)21-4-3-5-22(13-21)37-2/h3-8,10,12-14,16,29,36H,9,11,15,17H2,1-2H3. The third kappa shape index (κ3) is 5.83. The number of aromatic hydroxyl groups is 1. The van der Waals surface area contributed by atoms with Gasteiger partial charge in [-0.1, -0.05) is 11.3 Å². The van der Waals surface area contributed by atoms with Crippen molar-refractivity contribution in [1.29, 1.82) is 0 Å². The highest BCUT2D eigenvalue weighted by Gasteiger charge is 2.10. The molecule has 200 valence electrons. The minimum Gasteiger partial charge on any atom is -0.503 e. The second-order valence-corrected chi connectivity index (χ2v) is 8.88. The summed E-state index contributed by atoms with van der Waals surface area (Å²) < 4.78 is 20.0. The topological polar surface area (TPSA) is 134 Å². The molecule has 11 nitrogen and oxygen atoms in total. The van der Waals surface area contributed by atoms with E-state index in [9.17, 15) is 14.7 Å². The monoisotopic (exact) mass is 529 g/mol. The van der Waals surface area contributed by atoms with Crippen LogP contribution >= 0.6 is 0 Å². The lowest BCUT2D eigenvalue weighted by molar-refractivity contribution is 0.301. The van der Waals surface area contributed by atoms with E-state index >= 15 is 0 Å². The van der Waals surface area contributed by atoms with Crippen LogP contribution in [0.2, 0.25) is 0 Å². The van der Waals surface area contributed by atoms with Crippen molar-refractivity contribution in [2.24, 2.45) is 0 Å². The predicted molar refractivity (Wildman–Crippen MR) is 144 cm³/mol. The number of nitrogens with one attached hydrogen (secondary N) is 1. The molecule has 11 heteroatoms. The van der Waals surface area contributed by atoms with Crippen LogP contribution in [0, 0.1) is 6.92 Å². The van der Waals surface area contributed by atoms with E-state index in [2.05, 4.69) is 15.6 Å². The number of methoxy groups -OCH3 is 1. The highest BCUT2D eigenvalue weighted by atomic mass is 16.5. The Bertz CT molecular complexity index is 1740. The van der Waals surface area contributed by atoms with E-state index in [4.69, 9.17) is 13.9 Å². The van der Waals surface area contributed by atoms with Crippen LogP contribution in [0.1, 0.15) is 17.0 Å². The lowest BCUT2D eigenvalue weighted by Gasteiger charge is -2.13. The van der Waals surface area contributed by atoms with E-state index in [1.54, 1.807) is 41.7 Å². The number of ether oxygens (including phenoxy) is 2. The van der Waals surface area contributed by atoms with Crippen molar-refractivity contribution in [3.05, 3.63) is 105 Å². The normalized spacial score (nSPS) is 11.1. The van der Waals surface area contributed by atoms with Gasteiger partial charge < -0.3 is 28.9 Å². The van der Waals surface area contributed by atoms with Crippen LogP contribution in [0.3, 0.4) is 0 Å². The molecule has 2 aromatic carbocycles. The minimum absolute atomic E-state index is 0.181. The van der Waals surface area contributed by atoms with E-state index in [-0.39, 0.29) is 12.4 Å². The van der Waals surface area contributed by atoms with Gasteiger partial charge in [-0.15, -0.1) is 5.10 Å². The number of aromatic nitrogens is 4. The molecule has 5 aromatic rings. The summed E-state index contributed by atoms with van der Waals surface area (Å²) in [5.74, 6) is 1.00. The van der Waals surface area contributed by atoms with Crippen molar-refractivity contribution in [3.8, 4) is 22.9 Å². The Morgan fingerprint density at radius 3 is 2.79 bits per heavy atom. The smallest absolute Gasteiger partial charge is 0.336 e. The van der Waals surface area contributed by atoms with E-state index < -0.39 is 11.1 Å². The van der Waals surface area contributed by atoms with Crippen LogP contribution in [0.5, 0.6) is 17.2 Å². The predicted octanol–water partition coefficient (Wildman–Crippen LogP) is 2.93. The number of hydrogen-bond donors (Lipinski definition) is 2. The highest BCUT2D eigenvalue weighted by Crippen LogP contribution is 2.24. The number of rotatable bonds is 10. The maximum atomic E-state index is 12.2. The second-order valence-electron chi connectivity index (χ2n) is 8.88. The van der Waals surface area contributed by atoms with Crippen molar-refractivity contribution in [2.45, 2.75) is 26.6 Å². The van der Waals surface area contributed by atoms with Crippen LogP contribution in [-0.2, 0) is 19.7 Å². The van der Waals surface area contributed by atoms with Gasteiger partial charge in [0, 0.05) is 55.5 Å². The summed E-state index contributed by atoms with van der Waals surface area (Å²) >= 11 is 0. The van der Waals surface area contributed by atoms with Crippen LogP contribution < -0.4 is 25.8 Å². The van der Waals surface area contributed by atoms with Gasteiger partial charge in [0.1, 0.15) is 29.4 Å². The third-order valence-corrected chi connectivity index (χ3v) is 6.30. The summed E-state index contributed by atoms with van der Waals surface area (Å²) in [6.45, 7) is 3.40. The fourth-order valence-corrected chi connectivity index (χ4v) is 4.17. The molecule has 5 rings (SSSR count). The Kier molecular flexibility index (Phi) is 7.41. The molecule has 3 aromatic heterocycles. The lowest BCUT2D eigenvalue weighted by Crippen LogP contribution is -2.22. The van der Waals surface area contributed by atoms with Crippen molar-refractivity contribution in [1.82, 2.24) is 24.9 Å². The van der Waals surface area contributed by atoms with Crippen LogP contribution in [0.15, 0.2) is 81.0 Å². The molecule has 0 aliphatic rings. The molecule has 0 amide bonds. The molecule has 0 aliphatic carbocycles. The fraction of sp³-hybridized carbons (Fsp3) is 0.214. The first kappa shape index (κ1) is 25.7. The molecule has 0 saturated heterocycles. The van der Waals surface area contributed by atoms with E-state index in [1.807, 2.05) is 36.4 Å². The second kappa shape index (κ2) is 11.2. The van der Waals surface area contributed by atoms with E-state index in [0.29, 0.717) is 42.4 Å². The number of fused-ring (bicyclic) bond motifs is 1. The molecule has 39 heavy (non-hydrogen) atoms. The third-order valence-electron chi connectivity index (χ3n) is 6.30. The molecule has 0 atom stereocenters. The van der Waals surface area contributed by atoms with Crippen LogP contribution in [-0.4, -0.2) is 38.3 Å². The molecular formula is C28H27N5O6. The molecule has 3 heterocycles. The first-order chi connectivity index (χ1) is 18.9. The summed E-state index contributed by atoms with van der Waals surface area (Å²) in [7, 11) is 1.61.